The standard InChI is InChI=1S/C18H21Cl2FN4O4S/c1-11-14(17(20)25(23-11)10-13(21)6-7-22-18(26)27)8-12-4-5-16(15(19)9-12)30(28,29)24(2)3/h4-6,9,22H,7-8,10H2,1-3H3,(H,26,27)/b13-6-. The van der Waals surface area contributed by atoms with E-state index in [1.54, 1.807) is 19.1 Å². The van der Waals surface area contributed by atoms with Crippen LogP contribution in [0.3, 0.4) is 0 Å². The van der Waals surface area contributed by atoms with Crippen LogP contribution >= 0.6 is 23.2 Å². The maximum Gasteiger partial charge on any atom is 0.404 e. The number of rotatable bonds is 8. The molecule has 0 aliphatic heterocycles. The minimum absolute atomic E-state index is 0.00129. The van der Waals surface area contributed by atoms with Crippen molar-refractivity contribution in [3.63, 3.8) is 0 Å². The van der Waals surface area contributed by atoms with Crippen molar-refractivity contribution in [3.8, 4) is 0 Å². The van der Waals surface area contributed by atoms with E-state index in [-0.39, 0.29) is 28.2 Å². The van der Waals surface area contributed by atoms with Gasteiger partial charge in [-0.05, 0) is 30.7 Å². The molecule has 0 aliphatic carbocycles. The first-order valence-corrected chi connectivity index (χ1v) is 10.9. The maximum absolute atomic E-state index is 14.0. The number of hydrogen-bond donors (Lipinski definition) is 2. The molecule has 1 heterocycles. The average molecular weight is 479 g/mol. The fourth-order valence-electron chi connectivity index (χ4n) is 2.62. The summed E-state index contributed by atoms with van der Waals surface area (Å²) in [6.07, 6.45) is 0.154. The Labute approximate surface area is 183 Å². The molecule has 2 rings (SSSR count). The maximum atomic E-state index is 14.0. The van der Waals surface area contributed by atoms with Gasteiger partial charge in [0.05, 0.1) is 17.3 Å². The Morgan fingerprint density at radius 3 is 2.60 bits per heavy atom. The predicted molar refractivity (Wildman–Crippen MR) is 112 cm³/mol. The van der Waals surface area contributed by atoms with Crippen LogP contribution in [0.5, 0.6) is 0 Å². The normalized spacial score (nSPS) is 12.4. The molecular formula is C18H21Cl2FN4O4S. The summed E-state index contributed by atoms with van der Waals surface area (Å²) >= 11 is 12.5. The molecule has 1 amide bonds. The third kappa shape index (κ3) is 5.72. The van der Waals surface area contributed by atoms with Gasteiger partial charge in [0.25, 0.3) is 0 Å². The molecule has 0 fully saturated rings. The number of aryl methyl sites for hydroxylation is 1. The number of allylic oxidation sites excluding steroid dienone is 1. The first kappa shape index (κ1) is 24.1. The molecule has 1 aromatic heterocycles. The van der Waals surface area contributed by atoms with Gasteiger partial charge in [0.2, 0.25) is 10.0 Å². The number of aromatic nitrogens is 2. The Kier molecular flexibility index (Phi) is 7.87. The number of halogens is 3. The summed E-state index contributed by atoms with van der Waals surface area (Å²) in [5.41, 5.74) is 1.94. The fraction of sp³-hybridized carbons (Fsp3) is 0.333. The molecule has 0 aliphatic rings. The van der Waals surface area contributed by atoms with E-state index < -0.39 is 21.9 Å². The SMILES string of the molecule is Cc1nn(C/C(F)=C/CNC(=O)O)c(Cl)c1Cc1ccc(S(=O)(=O)N(C)C)c(Cl)c1. The highest BCUT2D eigenvalue weighted by molar-refractivity contribution is 7.89. The molecule has 0 bridgehead atoms. The molecule has 0 saturated carbocycles. The van der Waals surface area contributed by atoms with Crippen molar-refractivity contribution in [2.24, 2.45) is 0 Å². The van der Waals surface area contributed by atoms with Crippen molar-refractivity contribution < 1.29 is 22.7 Å². The molecule has 8 nitrogen and oxygen atoms in total. The second-order valence-corrected chi connectivity index (χ2v) is 9.46. The highest BCUT2D eigenvalue weighted by Gasteiger charge is 2.21. The van der Waals surface area contributed by atoms with E-state index in [1.807, 2.05) is 5.32 Å². The minimum atomic E-state index is -3.67. The topological polar surface area (TPSA) is 105 Å². The highest BCUT2D eigenvalue weighted by atomic mass is 35.5. The van der Waals surface area contributed by atoms with Gasteiger partial charge >= 0.3 is 6.09 Å². The van der Waals surface area contributed by atoms with Gasteiger partial charge in [0.1, 0.15) is 15.9 Å². The molecule has 0 spiro atoms. The van der Waals surface area contributed by atoms with Crippen LogP contribution in [-0.2, 0) is 23.0 Å². The van der Waals surface area contributed by atoms with Gasteiger partial charge in [-0.2, -0.15) is 5.10 Å². The van der Waals surface area contributed by atoms with Crippen LogP contribution in [0.15, 0.2) is 35.0 Å². The summed E-state index contributed by atoms with van der Waals surface area (Å²) in [6.45, 7) is 1.30. The van der Waals surface area contributed by atoms with Gasteiger partial charge in [-0.3, -0.25) is 0 Å². The quantitative estimate of drug-likeness (QED) is 0.604. The Bertz CT molecular complexity index is 1080. The van der Waals surface area contributed by atoms with E-state index >= 15 is 0 Å². The van der Waals surface area contributed by atoms with Crippen LogP contribution in [-0.4, -0.2) is 54.3 Å². The number of benzene rings is 1. The van der Waals surface area contributed by atoms with E-state index in [0.717, 1.165) is 10.4 Å². The number of carboxylic acid groups (broad SMARTS) is 1. The van der Waals surface area contributed by atoms with Gasteiger partial charge in [0, 0.05) is 32.6 Å². The Hall–Kier alpha value is -2.14. The second kappa shape index (κ2) is 9.78. The molecular weight excluding hydrogens is 458 g/mol. The number of amides is 1. The zero-order chi connectivity index (χ0) is 22.6. The van der Waals surface area contributed by atoms with Crippen molar-refractivity contribution in [2.45, 2.75) is 24.8 Å². The summed E-state index contributed by atoms with van der Waals surface area (Å²) < 4.78 is 40.9. The lowest BCUT2D eigenvalue weighted by Crippen LogP contribution is -2.22. The van der Waals surface area contributed by atoms with Crippen molar-refractivity contribution in [3.05, 3.63) is 57.1 Å². The van der Waals surface area contributed by atoms with Gasteiger partial charge in [-0.15, -0.1) is 0 Å². The lowest BCUT2D eigenvalue weighted by molar-refractivity contribution is 0.195. The van der Waals surface area contributed by atoms with Crippen LogP contribution in [0, 0.1) is 6.92 Å². The predicted octanol–water partition coefficient (Wildman–Crippen LogP) is 3.46. The van der Waals surface area contributed by atoms with E-state index in [0.29, 0.717) is 23.2 Å². The number of hydrogen-bond acceptors (Lipinski definition) is 4. The Balaban J connectivity index is 2.22. The summed E-state index contributed by atoms with van der Waals surface area (Å²) in [5.74, 6) is -0.596. The smallest absolute Gasteiger partial charge is 0.404 e. The zero-order valence-electron chi connectivity index (χ0n) is 16.5. The zero-order valence-corrected chi connectivity index (χ0v) is 18.8. The molecule has 2 aromatic rings. The van der Waals surface area contributed by atoms with Gasteiger partial charge < -0.3 is 10.4 Å². The third-order valence-corrected chi connectivity index (χ3v) is 6.92. The molecule has 0 saturated heterocycles. The van der Waals surface area contributed by atoms with Crippen molar-refractivity contribution >= 4 is 39.3 Å². The van der Waals surface area contributed by atoms with Crippen LogP contribution in [0.2, 0.25) is 10.2 Å². The van der Waals surface area contributed by atoms with E-state index in [9.17, 15) is 17.6 Å². The molecule has 164 valence electrons. The van der Waals surface area contributed by atoms with Gasteiger partial charge in [0.15, 0.2) is 0 Å². The van der Waals surface area contributed by atoms with E-state index in [4.69, 9.17) is 28.3 Å². The molecule has 2 N–H and O–H groups in total. The minimum Gasteiger partial charge on any atom is -0.465 e. The molecule has 30 heavy (non-hydrogen) atoms. The largest absolute Gasteiger partial charge is 0.465 e. The summed E-state index contributed by atoms with van der Waals surface area (Å²) in [6, 6.07) is 4.61. The Morgan fingerprint density at radius 1 is 1.37 bits per heavy atom. The number of carbonyl (C=O) groups is 1. The van der Waals surface area contributed by atoms with Crippen molar-refractivity contribution in [2.75, 3.05) is 20.6 Å². The molecule has 1 aromatic carbocycles. The average Bonchev–Trinajstić information content (AvgIpc) is 2.88. The summed E-state index contributed by atoms with van der Waals surface area (Å²) in [5, 5.41) is 15.1. The first-order valence-electron chi connectivity index (χ1n) is 8.67. The van der Waals surface area contributed by atoms with E-state index in [1.165, 1.54) is 24.8 Å². The van der Waals surface area contributed by atoms with E-state index in [2.05, 4.69) is 5.10 Å². The summed E-state index contributed by atoms with van der Waals surface area (Å²) in [7, 11) is -0.829. The van der Waals surface area contributed by atoms with Gasteiger partial charge in [-0.1, -0.05) is 29.3 Å². The van der Waals surface area contributed by atoms with Crippen molar-refractivity contribution in [1.29, 1.82) is 0 Å². The van der Waals surface area contributed by atoms with Gasteiger partial charge in [-0.25, -0.2) is 26.6 Å². The van der Waals surface area contributed by atoms with Crippen LogP contribution in [0.1, 0.15) is 16.8 Å². The third-order valence-electron chi connectivity index (χ3n) is 4.20. The van der Waals surface area contributed by atoms with Crippen molar-refractivity contribution in [1.82, 2.24) is 19.4 Å². The molecule has 0 radical (unpaired) electrons. The van der Waals surface area contributed by atoms with Crippen LogP contribution < -0.4 is 5.32 Å². The lowest BCUT2D eigenvalue weighted by atomic mass is 10.1. The highest BCUT2D eigenvalue weighted by Crippen LogP contribution is 2.28. The first-order chi connectivity index (χ1) is 13.9. The lowest BCUT2D eigenvalue weighted by Gasteiger charge is -2.13. The van der Waals surface area contributed by atoms with Crippen LogP contribution in [0.25, 0.3) is 0 Å². The number of nitrogens with zero attached hydrogens (tertiary/aromatic N) is 3. The Morgan fingerprint density at radius 2 is 2.03 bits per heavy atom. The number of nitrogens with one attached hydrogen (secondary N) is 1. The fourth-order valence-corrected chi connectivity index (χ4v) is 4.35. The number of sulfonamides is 1. The molecule has 12 heteroatoms. The summed E-state index contributed by atoms with van der Waals surface area (Å²) in [4.78, 5) is 10.4. The molecule has 0 atom stereocenters. The molecule has 0 unspecified atom stereocenters. The monoisotopic (exact) mass is 478 g/mol. The second-order valence-electron chi connectivity index (χ2n) is 6.58. The van der Waals surface area contributed by atoms with Crippen LogP contribution in [0.4, 0.5) is 9.18 Å².